The molecule has 0 saturated heterocycles. The van der Waals surface area contributed by atoms with Gasteiger partial charge in [0.1, 0.15) is 5.69 Å². The molecule has 8 nitrogen and oxygen atoms in total. The zero-order valence-corrected chi connectivity index (χ0v) is 14.3. The molecule has 128 valence electrons. The van der Waals surface area contributed by atoms with Crippen molar-refractivity contribution in [1.29, 1.82) is 0 Å². The fraction of sp³-hybridized carbons (Fsp3) is 0.733. The Balaban J connectivity index is 2.26. The standard InChI is InChI=1S/C15H24N4O4/c1-6-15(7-2)10(8-11(15)23-5)16-14(20)13-12(19(21)22)9(3)17-18(13)4/h10-11H,6-8H2,1-5H3,(H,16,20)/t10-,11-/m1/s1. The van der Waals surface area contributed by atoms with Crippen molar-refractivity contribution in [2.45, 2.75) is 52.2 Å². The highest BCUT2D eigenvalue weighted by atomic mass is 16.6. The van der Waals surface area contributed by atoms with Crippen molar-refractivity contribution in [2.75, 3.05) is 7.11 Å². The number of carbonyl (C=O) groups excluding carboxylic acids is 1. The molecule has 1 fully saturated rings. The Morgan fingerprint density at radius 2 is 2.13 bits per heavy atom. The molecule has 0 bridgehead atoms. The minimum Gasteiger partial charge on any atom is -0.381 e. The molecular formula is C15H24N4O4. The largest absolute Gasteiger partial charge is 0.381 e. The first-order valence-corrected chi connectivity index (χ1v) is 7.84. The molecule has 1 aromatic heterocycles. The van der Waals surface area contributed by atoms with Crippen LogP contribution in [0.5, 0.6) is 0 Å². The number of ether oxygens (including phenoxy) is 1. The van der Waals surface area contributed by atoms with Crippen LogP contribution in [0.15, 0.2) is 0 Å². The Labute approximate surface area is 135 Å². The molecule has 0 unspecified atom stereocenters. The smallest absolute Gasteiger partial charge is 0.322 e. The molecule has 2 rings (SSSR count). The molecule has 0 spiro atoms. The summed E-state index contributed by atoms with van der Waals surface area (Å²) in [7, 11) is 3.22. The van der Waals surface area contributed by atoms with E-state index < -0.39 is 10.8 Å². The summed E-state index contributed by atoms with van der Waals surface area (Å²) in [5.41, 5.74) is -0.115. The zero-order valence-electron chi connectivity index (χ0n) is 14.3. The summed E-state index contributed by atoms with van der Waals surface area (Å²) < 4.78 is 6.79. The zero-order chi connectivity index (χ0) is 17.4. The van der Waals surface area contributed by atoms with Crippen LogP contribution in [0.25, 0.3) is 0 Å². The van der Waals surface area contributed by atoms with E-state index in [0.717, 1.165) is 12.8 Å². The summed E-state index contributed by atoms with van der Waals surface area (Å²) in [6, 6.07) is -0.0511. The van der Waals surface area contributed by atoms with Gasteiger partial charge < -0.3 is 10.1 Å². The average Bonchev–Trinajstić information content (AvgIpc) is 2.79. The van der Waals surface area contributed by atoms with E-state index in [1.54, 1.807) is 14.2 Å². The maximum Gasteiger partial charge on any atom is 0.322 e. The maximum absolute atomic E-state index is 12.6. The van der Waals surface area contributed by atoms with Crippen LogP contribution in [0.2, 0.25) is 0 Å². The first-order chi connectivity index (χ1) is 10.8. The molecule has 0 aromatic carbocycles. The minimum absolute atomic E-state index is 0.00512. The number of amides is 1. The van der Waals surface area contributed by atoms with Gasteiger partial charge in [0, 0.05) is 25.6 Å². The summed E-state index contributed by atoms with van der Waals surface area (Å²) >= 11 is 0. The van der Waals surface area contributed by atoms with Crippen molar-refractivity contribution in [3.8, 4) is 0 Å². The molecule has 0 radical (unpaired) electrons. The fourth-order valence-electron chi connectivity index (χ4n) is 3.83. The van der Waals surface area contributed by atoms with E-state index in [0.29, 0.717) is 6.42 Å². The number of methoxy groups -OCH3 is 1. The Bertz CT molecular complexity index is 621. The number of nitrogens with one attached hydrogen (secondary N) is 1. The van der Waals surface area contributed by atoms with Crippen LogP contribution in [-0.2, 0) is 11.8 Å². The maximum atomic E-state index is 12.6. The highest BCUT2D eigenvalue weighted by molar-refractivity contribution is 5.97. The van der Waals surface area contributed by atoms with Crippen molar-refractivity contribution >= 4 is 11.6 Å². The van der Waals surface area contributed by atoms with Gasteiger partial charge in [0.25, 0.3) is 5.91 Å². The lowest BCUT2D eigenvalue weighted by Gasteiger charge is -2.55. The second-order valence-corrected chi connectivity index (χ2v) is 6.09. The number of hydrogen-bond acceptors (Lipinski definition) is 5. The van der Waals surface area contributed by atoms with Crippen molar-refractivity contribution in [1.82, 2.24) is 15.1 Å². The summed E-state index contributed by atoms with van der Waals surface area (Å²) in [5.74, 6) is -0.453. The summed E-state index contributed by atoms with van der Waals surface area (Å²) in [6.45, 7) is 5.68. The van der Waals surface area contributed by atoms with Crippen molar-refractivity contribution in [3.05, 3.63) is 21.5 Å². The molecule has 1 aromatic rings. The van der Waals surface area contributed by atoms with Gasteiger partial charge in [-0.15, -0.1) is 0 Å². The lowest BCUT2D eigenvalue weighted by Crippen LogP contribution is -2.64. The predicted octanol–water partition coefficient (Wildman–Crippen LogP) is 1.96. The third kappa shape index (κ3) is 2.60. The third-order valence-corrected chi connectivity index (χ3v) is 5.28. The van der Waals surface area contributed by atoms with Gasteiger partial charge in [0.15, 0.2) is 0 Å². The van der Waals surface area contributed by atoms with Gasteiger partial charge in [0.2, 0.25) is 5.69 Å². The van der Waals surface area contributed by atoms with Crippen LogP contribution < -0.4 is 5.32 Å². The highest BCUT2D eigenvalue weighted by Gasteiger charge is 2.54. The van der Waals surface area contributed by atoms with E-state index in [2.05, 4.69) is 24.3 Å². The van der Waals surface area contributed by atoms with E-state index in [-0.39, 0.29) is 34.6 Å². The van der Waals surface area contributed by atoms with Crippen molar-refractivity contribution in [3.63, 3.8) is 0 Å². The Morgan fingerprint density at radius 1 is 1.52 bits per heavy atom. The topological polar surface area (TPSA) is 99.3 Å². The number of hydrogen-bond donors (Lipinski definition) is 1. The van der Waals surface area contributed by atoms with E-state index in [4.69, 9.17) is 4.74 Å². The third-order valence-electron chi connectivity index (χ3n) is 5.28. The van der Waals surface area contributed by atoms with Crippen molar-refractivity contribution < 1.29 is 14.5 Å². The Morgan fingerprint density at radius 3 is 2.61 bits per heavy atom. The molecular weight excluding hydrogens is 300 g/mol. The van der Waals surface area contributed by atoms with Gasteiger partial charge in [0.05, 0.1) is 11.0 Å². The molecule has 1 aliphatic carbocycles. The molecule has 2 atom stereocenters. The predicted molar refractivity (Wildman–Crippen MR) is 84.3 cm³/mol. The van der Waals surface area contributed by atoms with Crippen LogP contribution in [0.3, 0.4) is 0 Å². The molecule has 1 amide bonds. The van der Waals surface area contributed by atoms with E-state index in [1.807, 2.05) is 0 Å². The number of aromatic nitrogens is 2. The molecule has 8 heteroatoms. The Kier molecular flexibility index (Phi) is 4.74. The number of nitrogens with zero attached hydrogens (tertiary/aromatic N) is 3. The first-order valence-electron chi connectivity index (χ1n) is 7.84. The lowest BCUT2D eigenvalue weighted by atomic mass is 9.58. The van der Waals surface area contributed by atoms with E-state index in [9.17, 15) is 14.9 Å². The normalized spacial score (nSPS) is 22.5. The van der Waals surface area contributed by atoms with Crippen LogP contribution in [0.1, 0.15) is 49.3 Å². The minimum atomic E-state index is -0.553. The number of rotatable bonds is 6. The van der Waals surface area contributed by atoms with E-state index >= 15 is 0 Å². The van der Waals surface area contributed by atoms with Gasteiger partial charge >= 0.3 is 5.69 Å². The second kappa shape index (κ2) is 6.27. The molecule has 1 aliphatic rings. The Hall–Kier alpha value is -1.96. The van der Waals surface area contributed by atoms with Gasteiger partial charge in [-0.25, -0.2) is 0 Å². The number of aryl methyl sites for hydroxylation is 2. The summed E-state index contributed by atoms with van der Waals surface area (Å²) in [6.07, 6.45) is 2.57. The quantitative estimate of drug-likeness (QED) is 0.637. The summed E-state index contributed by atoms with van der Waals surface area (Å²) in [5, 5.41) is 18.2. The highest BCUT2D eigenvalue weighted by Crippen LogP contribution is 2.48. The molecule has 0 aliphatic heterocycles. The van der Waals surface area contributed by atoms with Crippen LogP contribution in [0, 0.1) is 22.5 Å². The summed E-state index contributed by atoms with van der Waals surface area (Å²) in [4.78, 5) is 23.3. The monoisotopic (exact) mass is 324 g/mol. The van der Waals surface area contributed by atoms with Gasteiger partial charge in [-0.1, -0.05) is 13.8 Å². The average molecular weight is 324 g/mol. The fourth-order valence-corrected chi connectivity index (χ4v) is 3.83. The molecule has 23 heavy (non-hydrogen) atoms. The van der Waals surface area contributed by atoms with E-state index in [1.165, 1.54) is 11.6 Å². The van der Waals surface area contributed by atoms with Crippen LogP contribution in [-0.4, -0.2) is 39.9 Å². The van der Waals surface area contributed by atoms with Gasteiger partial charge in [-0.3, -0.25) is 19.6 Å². The second-order valence-electron chi connectivity index (χ2n) is 6.09. The molecule has 1 N–H and O–H groups in total. The molecule has 1 saturated carbocycles. The van der Waals surface area contributed by atoms with Crippen molar-refractivity contribution in [2.24, 2.45) is 12.5 Å². The SMILES string of the molecule is CCC1(CC)[C@H](NC(=O)c2c([N+](=O)[O-])c(C)nn2C)C[C@H]1OC. The van der Waals surface area contributed by atoms with Gasteiger partial charge in [-0.2, -0.15) is 5.10 Å². The number of nitro groups is 1. The number of carbonyl (C=O) groups is 1. The molecule has 1 heterocycles. The van der Waals surface area contributed by atoms with Gasteiger partial charge in [-0.05, 0) is 26.2 Å². The first kappa shape index (κ1) is 17.4. The van der Waals surface area contributed by atoms with Crippen LogP contribution >= 0.6 is 0 Å². The van der Waals surface area contributed by atoms with Crippen LogP contribution in [0.4, 0.5) is 5.69 Å². The lowest BCUT2D eigenvalue weighted by molar-refractivity contribution is -0.385.